The Balaban J connectivity index is 0.000000209. The van der Waals surface area contributed by atoms with Gasteiger partial charge < -0.3 is 29.9 Å². The quantitative estimate of drug-likeness (QED) is 0.161. The fraction of sp³-hybridized carbons (Fsp3) is 0.409. The number of fused-ring (bicyclic) bond motifs is 2. The first-order valence-electron chi connectivity index (χ1n) is 20.2. The summed E-state index contributed by atoms with van der Waals surface area (Å²) in [5, 5.41) is 39.9. The van der Waals surface area contributed by atoms with E-state index < -0.39 is 60.4 Å². The molecule has 338 valence electrons. The van der Waals surface area contributed by atoms with Crippen molar-refractivity contribution in [1.29, 1.82) is 0 Å². The average molecular weight is 885 g/mol. The smallest absolute Gasteiger partial charge is 0.328 e. The van der Waals surface area contributed by atoms with Gasteiger partial charge in [0, 0.05) is 59.5 Å². The molecule has 6 aromatic rings. The second-order valence-corrected chi connectivity index (χ2v) is 15.6. The van der Waals surface area contributed by atoms with Crippen molar-refractivity contribution in [2.45, 2.75) is 97.7 Å². The summed E-state index contributed by atoms with van der Waals surface area (Å²) in [6.45, 7) is 5.88. The van der Waals surface area contributed by atoms with Gasteiger partial charge in [-0.1, -0.05) is 19.6 Å². The van der Waals surface area contributed by atoms with Crippen molar-refractivity contribution in [3.63, 3.8) is 0 Å². The van der Waals surface area contributed by atoms with Crippen LogP contribution in [-0.2, 0) is 37.0 Å². The van der Waals surface area contributed by atoms with E-state index in [4.69, 9.17) is 4.74 Å². The summed E-state index contributed by atoms with van der Waals surface area (Å²) < 4.78 is 35.3. The van der Waals surface area contributed by atoms with Gasteiger partial charge in [0.1, 0.15) is 49.2 Å². The van der Waals surface area contributed by atoms with Gasteiger partial charge in [-0.25, -0.2) is 38.3 Å². The average Bonchev–Trinajstić information content (AvgIpc) is 4.04. The highest BCUT2D eigenvalue weighted by atomic mass is 19.1. The Morgan fingerprint density at radius 3 is 1.45 bits per heavy atom. The number of carboxylic acid groups (broad SMARTS) is 1. The van der Waals surface area contributed by atoms with E-state index >= 15 is 0 Å². The number of aryl methyl sites for hydroxylation is 2. The normalized spacial score (nSPS) is 19.2. The van der Waals surface area contributed by atoms with E-state index in [1.165, 1.54) is 21.4 Å². The molecule has 8 rings (SSSR count). The molecule has 18 nitrogen and oxygen atoms in total. The van der Waals surface area contributed by atoms with Crippen LogP contribution in [0, 0.1) is 13.8 Å². The predicted octanol–water partition coefficient (Wildman–Crippen LogP) is 4.48. The number of carboxylic acids is 1. The molecule has 0 radical (unpaired) electrons. The number of esters is 1. The lowest BCUT2D eigenvalue weighted by molar-refractivity contribution is -0.151. The molecule has 2 aliphatic heterocycles. The van der Waals surface area contributed by atoms with Crippen LogP contribution in [0.5, 0.6) is 0 Å². The van der Waals surface area contributed by atoms with Crippen LogP contribution in [0.1, 0.15) is 69.4 Å². The number of rotatable bonds is 10. The number of carbonyl (C=O) groups is 4. The predicted molar refractivity (Wildman–Crippen MR) is 229 cm³/mol. The number of aromatic nitrogens is 8. The molecule has 0 spiro atoms. The Morgan fingerprint density at radius 1 is 0.688 bits per heavy atom. The molecule has 20 heteroatoms. The number of aliphatic carboxylic acids is 1. The Hall–Kier alpha value is -6.80. The number of methoxy groups -OCH3 is 1. The van der Waals surface area contributed by atoms with E-state index in [2.05, 4.69) is 30.1 Å². The number of hydrogen-bond donors (Lipinski definition) is 3. The minimum Gasteiger partial charge on any atom is -0.480 e. The van der Waals surface area contributed by atoms with Crippen molar-refractivity contribution in [3.05, 3.63) is 84.2 Å². The summed E-state index contributed by atoms with van der Waals surface area (Å²) in [5.41, 5.74) is 5.31. The third kappa shape index (κ3) is 9.71. The molecule has 2 fully saturated rings. The number of likely N-dealkylation sites (tertiary alicyclic amines) is 2. The van der Waals surface area contributed by atoms with Crippen molar-refractivity contribution >= 4 is 45.6 Å². The largest absolute Gasteiger partial charge is 0.480 e. The van der Waals surface area contributed by atoms with Crippen LogP contribution in [0.15, 0.2) is 61.2 Å². The first-order valence-corrected chi connectivity index (χ1v) is 20.2. The van der Waals surface area contributed by atoms with Gasteiger partial charge in [0.15, 0.2) is 0 Å². The van der Waals surface area contributed by atoms with E-state index in [1.54, 1.807) is 64.6 Å². The third-order valence-electron chi connectivity index (χ3n) is 11.0. The summed E-state index contributed by atoms with van der Waals surface area (Å²) in [6, 6.07) is 8.83. The molecule has 0 saturated carbocycles. The van der Waals surface area contributed by atoms with Crippen LogP contribution in [-0.4, -0.2) is 133 Å². The number of halogens is 2. The summed E-state index contributed by atoms with van der Waals surface area (Å²) in [4.78, 5) is 68.2. The number of aliphatic hydroxyl groups is 2. The first-order chi connectivity index (χ1) is 30.0. The summed E-state index contributed by atoms with van der Waals surface area (Å²) in [7, 11) is 1.21. The number of ether oxygens (including phenoxy) is 1. The van der Waals surface area contributed by atoms with E-state index in [0.717, 1.165) is 27.2 Å². The number of alkyl halides is 2. The molecule has 2 unspecified atom stereocenters. The maximum absolute atomic E-state index is 13.9. The number of benzene rings is 2. The van der Waals surface area contributed by atoms with Crippen LogP contribution in [0.2, 0.25) is 0 Å². The summed E-state index contributed by atoms with van der Waals surface area (Å²) in [6.07, 6.45) is 2.11. The third-order valence-corrected chi connectivity index (χ3v) is 11.0. The zero-order valence-electron chi connectivity index (χ0n) is 35.1. The maximum atomic E-state index is 13.9. The van der Waals surface area contributed by atoms with Crippen molar-refractivity contribution in [1.82, 2.24) is 49.3 Å². The standard InChI is InChI=1S/C22H24FN5O4.C21H22FN5O4.CH4/c1-12(29)21-17-6-14(15-8-24-13(2)25-9-15)4-5-18(17)28(26-21)11-20(30)27-10-16(23)7-19(27)22(31)32-3;1-11(28)20-16-5-13(14-7-23-12(2)24-8-14)3-4-17(16)27(25-20)10-19(29)26-9-15(22)6-18(26)21(30)31;/h4-6,8-9,12,16,19,29H,7,10-11H2,1-3H3;3-5,7-8,11,15,18,28H,6,9-10H2,1-2H3,(H,30,31);1H4/t12?,16-,19+;11?,15-,18+;/m11./s1. The molecule has 0 bridgehead atoms. The molecule has 6 heterocycles. The van der Waals surface area contributed by atoms with E-state index in [9.17, 15) is 43.3 Å². The fourth-order valence-electron chi connectivity index (χ4n) is 7.86. The van der Waals surface area contributed by atoms with Gasteiger partial charge in [-0.05, 0) is 63.1 Å². The fourth-order valence-corrected chi connectivity index (χ4v) is 7.86. The molecule has 6 atom stereocenters. The van der Waals surface area contributed by atoms with Crippen molar-refractivity contribution in [2.75, 3.05) is 20.2 Å². The molecule has 2 saturated heterocycles. The lowest BCUT2D eigenvalue weighted by atomic mass is 10.0. The second kappa shape index (κ2) is 19.3. The molecule has 0 aliphatic carbocycles. The van der Waals surface area contributed by atoms with E-state index in [1.807, 2.05) is 24.3 Å². The maximum Gasteiger partial charge on any atom is 0.328 e. The second-order valence-electron chi connectivity index (χ2n) is 15.6. The van der Waals surface area contributed by atoms with Gasteiger partial charge >= 0.3 is 11.9 Å². The zero-order valence-corrected chi connectivity index (χ0v) is 35.1. The SMILES string of the molecule is C.COC(=O)[C@@H]1C[C@@H](F)CN1C(=O)Cn1nc(C(C)O)c2cc(-c3cnc(C)nc3)ccc21.Cc1ncc(-c2ccc3c(c2)c(C(C)O)nn3CC(=O)N2C[C@H](F)C[C@H]2C(=O)O)cn1. The van der Waals surface area contributed by atoms with Crippen LogP contribution in [0.4, 0.5) is 8.78 Å². The summed E-state index contributed by atoms with van der Waals surface area (Å²) >= 11 is 0. The van der Waals surface area contributed by atoms with Crippen molar-refractivity contribution in [2.24, 2.45) is 0 Å². The Labute approximate surface area is 366 Å². The van der Waals surface area contributed by atoms with Crippen LogP contribution < -0.4 is 0 Å². The molecule has 64 heavy (non-hydrogen) atoms. The molecular formula is C44H50F2N10O8. The number of amides is 2. The Kier molecular flexibility index (Phi) is 14.1. The van der Waals surface area contributed by atoms with Gasteiger partial charge in [0.2, 0.25) is 11.8 Å². The lowest BCUT2D eigenvalue weighted by Gasteiger charge is -2.22. The van der Waals surface area contributed by atoms with Crippen LogP contribution in [0.25, 0.3) is 44.1 Å². The molecule has 2 aliphatic rings. The van der Waals surface area contributed by atoms with Crippen LogP contribution >= 0.6 is 0 Å². The molecule has 2 aromatic carbocycles. The van der Waals surface area contributed by atoms with Crippen molar-refractivity contribution < 1.29 is 48.0 Å². The van der Waals surface area contributed by atoms with Gasteiger partial charge in [-0.3, -0.25) is 19.0 Å². The van der Waals surface area contributed by atoms with Gasteiger partial charge in [-0.15, -0.1) is 0 Å². The highest BCUT2D eigenvalue weighted by Crippen LogP contribution is 2.32. The Bertz CT molecular complexity index is 2670. The number of carbonyl (C=O) groups excluding carboxylic acids is 3. The molecule has 2 amide bonds. The van der Waals surface area contributed by atoms with Gasteiger partial charge in [0.05, 0.1) is 54.8 Å². The minimum absolute atomic E-state index is 0. The summed E-state index contributed by atoms with van der Waals surface area (Å²) in [5.74, 6) is -1.54. The highest BCUT2D eigenvalue weighted by Gasteiger charge is 2.41. The van der Waals surface area contributed by atoms with Gasteiger partial charge in [-0.2, -0.15) is 10.2 Å². The topological polar surface area (TPSA) is 232 Å². The molecule has 4 aromatic heterocycles. The highest BCUT2D eigenvalue weighted by molar-refractivity contribution is 5.91. The zero-order chi connectivity index (χ0) is 45.3. The number of hydrogen-bond acceptors (Lipinski definition) is 13. The first kappa shape index (κ1) is 46.7. The number of aliphatic hydroxyl groups excluding tert-OH is 2. The molecule has 3 N–H and O–H groups in total. The minimum atomic E-state index is -1.37. The van der Waals surface area contributed by atoms with E-state index in [-0.39, 0.29) is 46.4 Å². The van der Waals surface area contributed by atoms with E-state index in [0.29, 0.717) is 44.8 Å². The monoisotopic (exact) mass is 884 g/mol. The van der Waals surface area contributed by atoms with Crippen LogP contribution in [0.3, 0.4) is 0 Å². The lowest BCUT2D eigenvalue weighted by Crippen LogP contribution is -2.42. The van der Waals surface area contributed by atoms with Gasteiger partial charge in [0.25, 0.3) is 0 Å². The van der Waals surface area contributed by atoms with Crippen molar-refractivity contribution in [3.8, 4) is 22.3 Å². The molecular weight excluding hydrogens is 835 g/mol. The Morgan fingerprint density at radius 2 is 1.08 bits per heavy atom. The number of nitrogens with zero attached hydrogens (tertiary/aromatic N) is 10.